The first-order valence-corrected chi connectivity index (χ1v) is 9.08. The van der Waals surface area contributed by atoms with Crippen molar-refractivity contribution >= 4 is 5.97 Å². The molecule has 2 atom stereocenters. The van der Waals surface area contributed by atoms with Crippen LogP contribution in [0.15, 0.2) is 6.20 Å². The quantitative estimate of drug-likeness (QED) is 0.830. The molecule has 1 aliphatic carbocycles. The van der Waals surface area contributed by atoms with Gasteiger partial charge in [-0.25, -0.2) is 4.79 Å². The Balaban J connectivity index is 1.76. The van der Waals surface area contributed by atoms with Crippen LogP contribution in [0, 0.1) is 11.8 Å². The zero-order valence-corrected chi connectivity index (χ0v) is 14.9. The second kappa shape index (κ2) is 7.23. The Morgan fingerprint density at radius 1 is 1.46 bits per heavy atom. The van der Waals surface area contributed by atoms with Gasteiger partial charge in [0.2, 0.25) is 0 Å². The molecule has 1 saturated heterocycles. The van der Waals surface area contributed by atoms with Crippen molar-refractivity contribution in [3.8, 4) is 0 Å². The minimum Gasteiger partial charge on any atom is -0.476 e. The van der Waals surface area contributed by atoms with Crippen molar-refractivity contribution in [3.05, 3.63) is 17.5 Å². The summed E-state index contributed by atoms with van der Waals surface area (Å²) in [5.74, 6) is 0.626. The summed E-state index contributed by atoms with van der Waals surface area (Å²) in [6, 6.07) is 0.646. The van der Waals surface area contributed by atoms with Crippen LogP contribution in [-0.4, -0.2) is 51.6 Å². The number of ether oxygens (including phenoxy) is 1. The molecule has 0 spiro atoms. The molecule has 6 nitrogen and oxygen atoms in total. The number of aromatic nitrogens is 2. The van der Waals surface area contributed by atoms with E-state index in [0.29, 0.717) is 12.6 Å². The van der Waals surface area contributed by atoms with E-state index in [1.165, 1.54) is 6.42 Å². The first-order chi connectivity index (χ1) is 11.5. The number of carboxylic acid groups (broad SMARTS) is 1. The molecule has 1 aromatic heterocycles. The highest BCUT2D eigenvalue weighted by atomic mass is 16.5. The smallest absolute Gasteiger partial charge is 0.356 e. The SMILES string of the molecule is CC1CC1CN(Cc1cn(C2CCOCC2)nc1C(=O)O)C(C)C. The second-order valence-corrected chi connectivity index (χ2v) is 7.63. The van der Waals surface area contributed by atoms with Crippen molar-refractivity contribution in [1.29, 1.82) is 0 Å². The zero-order chi connectivity index (χ0) is 17.3. The van der Waals surface area contributed by atoms with Gasteiger partial charge in [0.05, 0.1) is 6.04 Å². The van der Waals surface area contributed by atoms with Crippen LogP contribution in [0.4, 0.5) is 0 Å². The molecular weight excluding hydrogens is 306 g/mol. The average Bonchev–Trinajstić information content (AvgIpc) is 3.08. The lowest BCUT2D eigenvalue weighted by atomic mass is 10.1. The number of carbonyl (C=O) groups is 1. The largest absolute Gasteiger partial charge is 0.476 e. The predicted octanol–water partition coefficient (Wildman–Crippen LogP) is 2.80. The van der Waals surface area contributed by atoms with Gasteiger partial charge in [-0.15, -0.1) is 0 Å². The van der Waals surface area contributed by atoms with E-state index in [1.54, 1.807) is 0 Å². The van der Waals surface area contributed by atoms with Crippen LogP contribution < -0.4 is 0 Å². The van der Waals surface area contributed by atoms with E-state index in [-0.39, 0.29) is 11.7 Å². The molecule has 2 unspecified atom stereocenters. The lowest BCUT2D eigenvalue weighted by molar-refractivity contribution is 0.0645. The first kappa shape index (κ1) is 17.4. The maximum atomic E-state index is 11.6. The Kier molecular flexibility index (Phi) is 5.25. The predicted molar refractivity (Wildman–Crippen MR) is 91.1 cm³/mol. The van der Waals surface area contributed by atoms with Gasteiger partial charge in [-0.2, -0.15) is 5.10 Å². The number of hydrogen-bond acceptors (Lipinski definition) is 4. The highest BCUT2D eigenvalue weighted by Crippen LogP contribution is 2.38. The summed E-state index contributed by atoms with van der Waals surface area (Å²) < 4.78 is 7.26. The standard InChI is InChI=1S/C18H29N3O3/c1-12(2)20(9-14-8-13(14)3)10-15-11-21(19-17(15)18(22)23)16-4-6-24-7-5-16/h11-14,16H,4-10H2,1-3H3,(H,22,23). The number of carboxylic acids is 1. The van der Waals surface area contributed by atoms with Crippen molar-refractivity contribution in [1.82, 2.24) is 14.7 Å². The second-order valence-electron chi connectivity index (χ2n) is 7.63. The molecule has 6 heteroatoms. The van der Waals surface area contributed by atoms with Crippen LogP contribution in [-0.2, 0) is 11.3 Å². The Bertz CT molecular complexity index is 578. The molecule has 2 heterocycles. The van der Waals surface area contributed by atoms with E-state index in [0.717, 1.165) is 50.0 Å². The van der Waals surface area contributed by atoms with Crippen LogP contribution >= 0.6 is 0 Å². The van der Waals surface area contributed by atoms with Crippen LogP contribution in [0.25, 0.3) is 0 Å². The molecule has 1 N–H and O–H groups in total. The molecule has 1 aromatic rings. The van der Waals surface area contributed by atoms with E-state index in [4.69, 9.17) is 4.74 Å². The maximum Gasteiger partial charge on any atom is 0.356 e. The van der Waals surface area contributed by atoms with Gasteiger partial charge in [-0.1, -0.05) is 6.92 Å². The molecule has 0 radical (unpaired) electrons. The van der Waals surface area contributed by atoms with Gasteiger partial charge in [-0.05, 0) is 44.9 Å². The minimum atomic E-state index is -0.931. The average molecular weight is 335 g/mol. The van der Waals surface area contributed by atoms with Crippen molar-refractivity contribution in [2.45, 2.75) is 58.7 Å². The third kappa shape index (κ3) is 3.98. The molecule has 1 saturated carbocycles. The van der Waals surface area contributed by atoms with Crippen molar-refractivity contribution in [3.63, 3.8) is 0 Å². The first-order valence-electron chi connectivity index (χ1n) is 9.08. The van der Waals surface area contributed by atoms with Crippen LogP contribution in [0.3, 0.4) is 0 Å². The Hall–Kier alpha value is -1.40. The van der Waals surface area contributed by atoms with Gasteiger partial charge in [-0.3, -0.25) is 9.58 Å². The Morgan fingerprint density at radius 2 is 2.12 bits per heavy atom. The molecule has 0 aromatic carbocycles. The van der Waals surface area contributed by atoms with Crippen molar-refractivity contribution in [2.75, 3.05) is 19.8 Å². The molecule has 2 fully saturated rings. The Morgan fingerprint density at radius 3 is 2.67 bits per heavy atom. The fraction of sp³-hybridized carbons (Fsp3) is 0.778. The van der Waals surface area contributed by atoms with Crippen molar-refractivity contribution < 1.29 is 14.6 Å². The topological polar surface area (TPSA) is 67.6 Å². The fourth-order valence-corrected chi connectivity index (χ4v) is 3.49. The third-order valence-corrected chi connectivity index (χ3v) is 5.42. The number of aromatic carboxylic acids is 1. The third-order valence-electron chi connectivity index (χ3n) is 5.42. The van der Waals surface area contributed by atoms with Crippen LogP contribution in [0.2, 0.25) is 0 Å². The summed E-state index contributed by atoms with van der Waals surface area (Å²) in [5.41, 5.74) is 1.03. The summed E-state index contributed by atoms with van der Waals surface area (Å²) in [6.45, 7) is 9.79. The summed E-state index contributed by atoms with van der Waals surface area (Å²) in [6.07, 6.45) is 5.03. The van der Waals surface area contributed by atoms with E-state index in [1.807, 2.05) is 10.9 Å². The summed E-state index contributed by atoms with van der Waals surface area (Å²) in [5, 5.41) is 13.9. The Labute approximate surface area is 143 Å². The van der Waals surface area contributed by atoms with E-state index in [2.05, 4.69) is 30.8 Å². The zero-order valence-electron chi connectivity index (χ0n) is 14.9. The van der Waals surface area contributed by atoms with Gasteiger partial charge in [0, 0.05) is 44.1 Å². The number of rotatable bonds is 7. The number of nitrogens with zero attached hydrogens (tertiary/aromatic N) is 3. The molecule has 1 aliphatic heterocycles. The van der Waals surface area contributed by atoms with Crippen LogP contribution in [0.5, 0.6) is 0 Å². The van der Waals surface area contributed by atoms with E-state index >= 15 is 0 Å². The monoisotopic (exact) mass is 335 g/mol. The fourth-order valence-electron chi connectivity index (χ4n) is 3.49. The molecule has 2 aliphatic rings. The van der Waals surface area contributed by atoms with Gasteiger partial charge < -0.3 is 9.84 Å². The molecule has 0 bridgehead atoms. The summed E-state index contributed by atoms with van der Waals surface area (Å²) in [7, 11) is 0. The van der Waals surface area contributed by atoms with Gasteiger partial charge in [0.15, 0.2) is 5.69 Å². The molecule has 134 valence electrons. The summed E-state index contributed by atoms with van der Waals surface area (Å²) in [4.78, 5) is 14.0. The lowest BCUT2D eigenvalue weighted by Crippen LogP contribution is -2.33. The maximum absolute atomic E-state index is 11.6. The van der Waals surface area contributed by atoms with E-state index < -0.39 is 5.97 Å². The lowest BCUT2D eigenvalue weighted by Gasteiger charge is -2.26. The normalized spacial score (nSPS) is 24.7. The molecule has 3 rings (SSSR count). The highest BCUT2D eigenvalue weighted by Gasteiger charge is 2.35. The molecule has 24 heavy (non-hydrogen) atoms. The minimum absolute atomic E-state index is 0.205. The van der Waals surface area contributed by atoms with Gasteiger partial charge in [0.25, 0.3) is 0 Å². The van der Waals surface area contributed by atoms with E-state index in [9.17, 15) is 9.90 Å². The van der Waals surface area contributed by atoms with Crippen LogP contribution in [0.1, 0.15) is 62.1 Å². The molecular formula is C18H29N3O3. The highest BCUT2D eigenvalue weighted by molar-refractivity contribution is 5.86. The van der Waals surface area contributed by atoms with Crippen molar-refractivity contribution in [2.24, 2.45) is 11.8 Å². The summed E-state index contributed by atoms with van der Waals surface area (Å²) >= 11 is 0. The molecule has 0 amide bonds. The van der Waals surface area contributed by atoms with Gasteiger partial charge in [0.1, 0.15) is 0 Å². The van der Waals surface area contributed by atoms with Gasteiger partial charge >= 0.3 is 5.97 Å². The number of hydrogen-bond donors (Lipinski definition) is 1.